The van der Waals surface area contributed by atoms with Crippen molar-refractivity contribution < 1.29 is 8.78 Å². The van der Waals surface area contributed by atoms with Crippen molar-refractivity contribution in [3.63, 3.8) is 0 Å². The molecule has 0 radical (unpaired) electrons. The van der Waals surface area contributed by atoms with Gasteiger partial charge in [0.2, 0.25) is 5.95 Å². The molecule has 8 nitrogen and oxygen atoms in total. The highest BCUT2D eigenvalue weighted by atomic mass is 19.1. The molecule has 3 heterocycles. The second-order valence-corrected chi connectivity index (χ2v) is 9.32. The summed E-state index contributed by atoms with van der Waals surface area (Å²) in [6.07, 6.45) is 3.58. The maximum Gasteiger partial charge on any atom is 0.229 e. The molecule has 0 aliphatic carbocycles. The van der Waals surface area contributed by atoms with Crippen LogP contribution in [0.15, 0.2) is 48.8 Å². The number of aromatic nitrogens is 4. The lowest BCUT2D eigenvalue weighted by Gasteiger charge is -2.26. The van der Waals surface area contributed by atoms with E-state index in [1.54, 1.807) is 18.3 Å². The van der Waals surface area contributed by atoms with Crippen LogP contribution in [0.2, 0.25) is 0 Å². The predicted molar refractivity (Wildman–Crippen MR) is 146 cm³/mol. The van der Waals surface area contributed by atoms with E-state index >= 15 is 4.39 Å². The first kappa shape index (κ1) is 24.5. The lowest BCUT2D eigenvalue weighted by atomic mass is 10.1. The largest absolute Gasteiger partial charge is 0.397 e. The molecule has 2 aromatic carbocycles. The van der Waals surface area contributed by atoms with Gasteiger partial charge in [-0.15, -0.1) is 0 Å². The van der Waals surface area contributed by atoms with E-state index in [-0.39, 0.29) is 17.5 Å². The van der Waals surface area contributed by atoms with Gasteiger partial charge in [-0.3, -0.25) is 0 Å². The number of halogens is 2. The van der Waals surface area contributed by atoms with Crippen molar-refractivity contribution in [3.8, 4) is 11.3 Å². The second kappa shape index (κ2) is 9.70. The van der Waals surface area contributed by atoms with Crippen LogP contribution < -0.4 is 16.0 Å². The second-order valence-electron chi connectivity index (χ2n) is 9.32. The number of aryl methyl sites for hydroxylation is 1. The number of H-pyrrole nitrogens is 1. The molecule has 5 rings (SSSR count). The molecule has 4 N–H and O–H groups in total. The number of nitrogens with two attached hydrogens (primary N) is 1. The highest BCUT2D eigenvalue weighted by Crippen LogP contribution is 2.36. The van der Waals surface area contributed by atoms with Crippen LogP contribution in [0.1, 0.15) is 6.92 Å². The van der Waals surface area contributed by atoms with E-state index in [0.717, 1.165) is 24.0 Å². The summed E-state index contributed by atoms with van der Waals surface area (Å²) < 4.78 is 32.0. The molecular weight excluding hydrogens is 474 g/mol. The monoisotopic (exact) mass is 504 g/mol. The third-order valence-corrected chi connectivity index (χ3v) is 6.54. The van der Waals surface area contributed by atoms with Gasteiger partial charge in [-0.2, -0.15) is 4.98 Å². The van der Waals surface area contributed by atoms with Crippen LogP contribution >= 0.6 is 0 Å². The smallest absolute Gasteiger partial charge is 0.229 e. The van der Waals surface area contributed by atoms with E-state index in [2.05, 4.69) is 20.2 Å². The average molecular weight is 505 g/mol. The van der Waals surface area contributed by atoms with Crippen molar-refractivity contribution in [1.29, 1.82) is 0 Å². The Morgan fingerprint density at radius 2 is 1.89 bits per heavy atom. The Balaban J connectivity index is 1.55. The van der Waals surface area contributed by atoms with E-state index in [1.807, 2.05) is 55.9 Å². The molecular formula is C27H30F2N8. The van der Waals surface area contributed by atoms with Gasteiger partial charge < -0.3 is 30.4 Å². The topological polar surface area (TPSA) is 91.0 Å². The van der Waals surface area contributed by atoms with E-state index in [9.17, 15) is 4.39 Å². The van der Waals surface area contributed by atoms with Crippen molar-refractivity contribution in [2.24, 2.45) is 7.05 Å². The minimum atomic E-state index is -0.472. The van der Waals surface area contributed by atoms with Gasteiger partial charge in [0.15, 0.2) is 0 Å². The predicted octanol–water partition coefficient (Wildman–Crippen LogP) is 5.11. The highest BCUT2D eigenvalue weighted by Gasteiger charge is 2.20. The Labute approximate surface area is 213 Å². The molecule has 0 spiro atoms. The minimum absolute atomic E-state index is 0.158. The SMILES string of the molecule is CCN(CCN(C)C)c1cc(F)c(Nc2nc(-c3cn(C)c4cccc(F)c34)c3cc[nH]c3n2)cc1N. The first-order valence-electron chi connectivity index (χ1n) is 12.1. The van der Waals surface area contributed by atoms with Gasteiger partial charge in [-0.1, -0.05) is 6.07 Å². The standard InChI is InChI=1S/C27H30F2N8/c1-5-37(12-11-35(2)3)23-13-19(29)21(14-20(23)30)32-27-33-25(16-9-10-31-26(16)34-27)17-15-36(4)22-8-6-7-18(28)24(17)22/h6-10,13-15H,5,11-12,30H2,1-4H3,(H2,31,32,33,34). The van der Waals surface area contributed by atoms with E-state index < -0.39 is 5.82 Å². The molecule has 0 atom stereocenters. The van der Waals surface area contributed by atoms with Crippen molar-refractivity contribution in [3.05, 3.63) is 60.4 Å². The highest BCUT2D eigenvalue weighted by molar-refractivity contribution is 6.03. The molecule has 0 aliphatic heterocycles. The summed E-state index contributed by atoms with van der Waals surface area (Å²) in [5.74, 6) is -0.640. The van der Waals surface area contributed by atoms with Crippen LogP contribution in [0.4, 0.5) is 31.8 Å². The number of likely N-dealkylation sites (N-methyl/N-ethyl adjacent to an activating group) is 2. The lowest BCUT2D eigenvalue weighted by Crippen LogP contribution is -2.32. The number of nitrogens with zero attached hydrogens (tertiary/aromatic N) is 5. The fourth-order valence-electron chi connectivity index (χ4n) is 4.62. The Bertz CT molecular complexity index is 1590. The summed E-state index contributed by atoms with van der Waals surface area (Å²) in [6.45, 7) is 4.24. The van der Waals surface area contributed by atoms with Crippen LogP contribution in [0, 0.1) is 11.6 Å². The molecule has 0 fully saturated rings. The number of nitrogen functional groups attached to an aromatic ring is 1. The summed E-state index contributed by atoms with van der Waals surface area (Å²) >= 11 is 0. The van der Waals surface area contributed by atoms with E-state index in [0.29, 0.717) is 40.2 Å². The normalized spacial score (nSPS) is 11.6. The number of benzene rings is 2. The van der Waals surface area contributed by atoms with Crippen LogP contribution in [0.5, 0.6) is 0 Å². The van der Waals surface area contributed by atoms with Crippen LogP contribution in [0.25, 0.3) is 33.2 Å². The molecule has 0 amide bonds. The maximum absolute atomic E-state index is 15.3. The van der Waals surface area contributed by atoms with Gasteiger partial charge in [0.25, 0.3) is 0 Å². The molecule has 10 heteroatoms. The number of rotatable bonds is 8. The fourth-order valence-corrected chi connectivity index (χ4v) is 4.62. The van der Waals surface area contributed by atoms with Gasteiger partial charge >= 0.3 is 0 Å². The summed E-state index contributed by atoms with van der Waals surface area (Å²) in [5.41, 5.74) is 10.1. The third kappa shape index (κ3) is 4.55. The first-order chi connectivity index (χ1) is 17.8. The number of hydrogen-bond acceptors (Lipinski definition) is 6. The molecule has 192 valence electrons. The minimum Gasteiger partial charge on any atom is -0.397 e. The summed E-state index contributed by atoms with van der Waals surface area (Å²) in [7, 11) is 5.84. The van der Waals surface area contributed by atoms with Crippen LogP contribution in [0.3, 0.4) is 0 Å². The van der Waals surface area contributed by atoms with Crippen molar-refractivity contribution in [1.82, 2.24) is 24.4 Å². The van der Waals surface area contributed by atoms with Crippen molar-refractivity contribution in [2.45, 2.75) is 6.92 Å². The number of aromatic amines is 1. The number of fused-ring (bicyclic) bond motifs is 2. The molecule has 37 heavy (non-hydrogen) atoms. The van der Waals surface area contributed by atoms with E-state index in [4.69, 9.17) is 10.7 Å². The zero-order valence-electron chi connectivity index (χ0n) is 21.3. The molecule has 3 aromatic heterocycles. The zero-order valence-corrected chi connectivity index (χ0v) is 21.3. The number of nitrogens with one attached hydrogen (secondary N) is 2. The average Bonchev–Trinajstić information content (AvgIpc) is 3.47. The van der Waals surface area contributed by atoms with Crippen molar-refractivity contribution >= 4 is 44.9 Å². The van der Waals surface area contributed by atoms with Gasteiger partial charge in [0, 0.05) is 61.5 Å². The summed E-state index contributed by atoms with van der Waals surface area (Å²) in [4.78, 5) is 16.4. The van der Waals surface area contributed by atoms with Crippen molar-refractivity contribution in [2.75, 3.05) is 49.7 Å². The van der Waals surface area contributed by atoms with Gasteiger partial charge in [0.1, 0.15) is 17.3 Å². The molecule has 0 aliphatic rings. The molecule has 0 bridgehead atoms. The molecule has 5 aromatic rings. The van der Waals surface area contributed by atoms with Gasteiger partial charge in [0.05, 0.1) is 28.3 Å². The molecule has 0 saturated heterocycles. The summed E-state index contributed by atoms with van der Waals surface area (Å²) in [5, 5.41) is 4.18. The van der Waals surface area contributed by atoms with Crippen LogP contribution in [-0.2, 0) is 7.05 Å². The first-order valence-corrected chi connectivity index (χ1v) is 12.1. The van der Waals surface area contributed by atoms with Gasteiger partial charge in [-0.25, -0.2) is 13.8 Å². The molecule has 0 unspecified atom stereocenters. The number of anilines is 4. The maximum atomic E-state index is 15.3. The lowest BCUT2D eigenvalue weighted by molar-refractivity contribution is 0.414. The number of hydrogen-bond donors (Lipinski definition) is 3. The Kier molecular flexibility index (Phi) is 6.43. The third-order valence-electron chi connectivity index (χ3n) is 6.54. The zero-order chi connectivity index (χ0) is 26.3. The van der Waals surface area contributed by atoms with Gasteiger partial charge in [-0.05, 0) is 45.3 Å². The Hall–Kier alpha value is -4.18. The Morgan fingerprint density at radius 1 is 1.08 bits per heavy atom. The Morgan fingerprint density at radius 3 is 2.65 bits per heavy atom. The quantitative estimate of drug-likeness (QED) is 0.255. The summed E-state index contributed by atoms with van der Waals surface area (Å²) in [6, 6.07) is 9.80. The molecule has 0 saturated carbocycles. The van der Waals surface area contributed by atoms with E-state index in [1.165, 1.54) is 12.1 Å². The fraction of sp³-hybridized carbons (Fsp3) is 0.259. The van der Waals surface area contributed by atoms with Crippen LogP contribution in [-0.4, -0.2) is 58.1 Å².